The molecule has 0 N–H and O–H groups in total. The fourth-order valence-corrected chi connectivity index (χ4v) is 4.51. The van der Waals surface area contributed by atoms with Gasteiger partial charge in [0, 0.05) is 57.1 Å². The highest BCUT2D eigenvalue weighted by atomic mass is 16.2. The Balaban J connectivity index is 1.28. The molecule has 2 aliphatic heterocycles. The molecule has 1 unspecified atom stereocenters. The predicted octanol–water partition coefficient (Wildman–Crippen LogP) is 1.89. The molecule has 0 radical (unpaired) electrons. The van der Waals surface area contributed by atoms with E-state index in [4.69, 9.17) is 0 Å². The predicted molar refractivity (Wildman–Crippen MR) is 111 cm³/mol. The van der Waals surface area contributed by atoms with Crippen molar-refractivity contribution in [3.05, 3.63) is 47.3 Å². The van der Waals surface area contributed by atoms with Gasteiger partial charge in [0.25, 0.3) is 5.56 Å². The van der Waals surface area contributed by atoms with Crippen LogP contribution in [0.2, 0.25) is 0 Å². The minimum atomic E-state index is 0.00419. The molecule has 2 aromatic heterocycles. The van der Waals surface area contributed by atoms with Gasteiger partial charge in [0.1, 0.15) is 0 Å². The maximum absolute atomic E-state index is 12.5. The first kappa shape index (κ1) is 19.8. The number of piperidine rings is 1. The van der Waals surface area contributed by atoms with Gasteiger partial charge in [-0.25, -0.2) is 4.98 Å². The van der Waals surface area contributed by atoms with Gasteiger partial charge in [-0.15, -0.1) is 0 Å². The highest BCUT2D eigenvalue weighted by Gasteiger charge is 2.27. The third-order valence-corrected chi connectivity index (χ3v) is 6.27. The molecule has 4 heterocycles. The molecule has 2 fully saturated rings. The monoisotopic (exact) mass is 395 g/mol. The van der Waals surface area contributed by atoms with Gasteiger partial charge in [-0.05, 0) is 56.3 Å². The molecule has 0 spiro atoms. The normalized spacial score (nSPS) is 20.9. The Morgan fingerprint density at radius 2 is 1.79 bits per heavy atom. The van der Waals surface area contributed by atoms with Gasteiger partial charge in [0.15, 0.2) is 0 Å². The summed E-state index contributed by atoms with van der Waals surface area (Å²) in [7, 11) is 0. The van der Waals surface area contributed by atoms with Crippen molar-refractivity contribution in [1.29, 1.82) is 0 Å². The molecule has 0 aliphatic carbocycles. The van der Waals surface area contributed by atoms with E-state index in [2.05, 4.69) is 14.9 Å². The average molecular weight is 396 g/mol. The van der Waals surface area contributed by atoms with Gasteiger partial charge in [0.2, 0.25) is 5.91 Å². The first-order valence-corrected chi connectivity index (χ1v) is 10.5. The Morgan fingerprint density at radius 1 is 1.07 bits per heavy atom. The van der Waals surface area contributed by atoms with Gasteiger partial charge in [-0.1, -0.05) is 0 Å². The van der Waals surface area contributed by atoms with Crippen molar-refractivity contribution in [2.24, 2.45) is 11.8 Å². The summed E-state index contributed by atoms with van der Waals surface area (Å²) in [5.41, 5.74) is 1.61. The lowest BCUT2D eigenvalue weighted by molar-refractivity contribution is -0.127. The van der Waals surface area contributed by atoms with Crippen molar-refractivity contribution in [3.8, 4) is 11.3 Å². The SMILES string of the molecule is CC(=O)N1CCC(CN2CCC(Cn3cnc(-c4ccncc4)cc3=O)CC2)C1. The van der Waals surface area contributed by atoms with Gasteiger partial charge in [-0.2, -0.15) is 0 Å². The lowest BCUT2D eigenvalue weighted by Gasteiger charge is -2.33. The Bertz CT molecular complexity index is 890. The zero-order valence-electron chi connectivity index (χ0n) is 17.0. The van der Waals surface area contributed by atoms with E-state index >= 15 is 0 Å². The summed E-state index contributed by atoms with van der Waals surface area (Å²) in [6, 6.07) is 5.34. The zero-order valence-corrected chi connectivity index (χ0v) is 17.0. The maximum Gasteiger partial charge on any atom is 0.253 e. The van der Waals surface area contributed by atoms with Gasteiger partial charge in [0.05, 0.1) is 12.0 Å². The molecule has 7 nitrogen and oxygen atoms in total. The highest BCUT2D eigenvalue weighted by Crippen LogP contribution is 2.23. The largest absolute Gasteiger partial charge is 0.343 e. The summed E-state index contributed by atoms with van der Waals surface area (Å²) in [5.74, 6) is 1.30. The number of hydrogen-bond acceptors (Lipinski definition) is 5. The van der Waals surface area contributed by atoms with Gasteiger partial charge < -0.3 is 9.80 Å². The van der Waals surface area contributed by atoms with E-state index in [9.17, 15) is 9.59 Å². The van der Waals surface area contributed by atoms with Crippen LogP contribution in [0.1, 0.15) is 26.2 Å². The number of amides is 1. The van der Waals surface area contributed by atoms with Gasteiger partial charge >= 0.3 is 0 Å². The Morgan fingerprint density at radius 3 is 2.45 bits per heavy atom. The molecule has 2 saturated heterocycles. The number of pyridine rings is 1. The average Bonchev–Trinajstić information content (AvgIpc) is 3.20. The van der Waals surface area contributed by atoms with E-state index in [0.717, 1.165) is 64.1 Å². The maximum atomic E-state index is 12.5. The molecule has 2 aromatic rings. The van der Waals surface area contributed by atoms with E-state index < -0.39 is 0 Å². The summed E-state index contributed by atoms with van der Waals surface area (Å²) in [6.45, 7) is 7.42. The first-order chi connectivity index (χ1) is 14.1. The summed E-state index contributed by atoms with van der Waals surface area (Å²) in [5, 5.41) is 0. The van der Waals surface area contributed by atoms with Crippen molar-refractivity contribution in [3.63, 3.8) is 0 Å². The third kappa shape index (κ3) is 4.90. The fraction of sp³-hybridized carbons (Fsp3) is 0.545. The molecule has 2 aliphatic rings. The molecule has 154 valence electrons. The van der Waals surface area contributed by atoms with E-state index in [0.29, 0.717) is 17.5 Å². The molecule has 29 heavy (non-hydrogen) atoms. The molecule has 4 rings (SSSR count). The Labute approximate surface area is 171 Å². The quantitative estimate of drug-likeness (QED) is 0.773. The number of carbonyl (C=O) groups is 1. The number of rotatable bonds is 5. The van der Waals surface area contributed by atoms with E-state index in [1.54, 1.807) is 36.3 Å². The second-order valence-corrected chi connectivity index (χ2v) is 8.36. The number of nitrogens with zero attached hydrogens (tertiary/aromatic N) is 5. The lowest BCUT2D eigenvalue weighted by atomic mass is 9.95. The minimum Gasteiger partial charge on any atom is -0.343 e. The van der Waals surface area contributed by atoms with Crippen LogP contribution in [0, 0.1) is 11.8 Å². The topological polar surface area (TPSA) is 71.3 Å². The summed E-state index contributed by atoms with van der Waals surface area (Å²) >= 11 is 0. The fourth-order valence-electron chi connectivity index (χ4n) is 4.51. The van der Waals surface area contributed by atoms with Crippen LogP contribution in [0.25, 0.3) is 11.3 Å². The van der Waals surface area contributed by atoms with Crippen LogP contribution < -0.4 is 5.56 Å². The van der Waals surface area contributed by atoms with Crippen LogP contribution in [0.4, 0.5) is 0 Å². The molecule has 1 amide bonds. The molecular formula is C22H29N5O2. The molecular weight excluding hydrogens is 366 g/mol. The van der Waals surface area contributed by atoms with Gasteiger partial charge in [-0.3, -0.25) is 19.1 Å². The smallest absolute Gasteiger partial charge is 0.253 e. The molecule has 1 atom stereocenters. The van der Waals surface area contributed by atoms with E-state index in [1.807, 2.05) is 17.0 Å². The zero-order chi connectivity index (χ0) is 20.2. The summed E-state index contributed by atoms with van der Waals surface area (Å²) < 4.78 is 1.74. The molecule has 0 bridgehead atoms. The van der Waals surface area contributed by atoms with E-state index in [1.165, 1.54) is 0 Å². The standard InChI is InChI=1S/C22H29N5O2/c1-17(28)26-11-6-19(15-26)13-25-9-4-18(5-10-25)14-27-16-24-21(12-22(27)29)20-2-7-23-8-3-20/h2-3,7-8,12,16,18-19H,4-6,9-11,13-15H2,1H3. The summed E-state index contributed by atoms with van der Waals surface area (Å²) in [4.78, 5) is 37.0. The number of likely N-dealkylation sites (tertiary alicyclic amines) is 2. The molecule has 0 saturated carbocycles. The summed E-state index contributed by atoms with van der Waals surface area (Å²) in [6.07, 6.45) is 8.41. The highest BCUT2D eigenvalue weighted by molar-refractivity contribution is 5.73. The van der Waals surface area contributed by atoms with Crippen molar-refractivity contribution in [2.75, 3.05) is 32.7 Å². The lowest BCUT2D eigenvalue weighted by Crippen LogP contribution is -2.39. The number of aromatic nitrogens is 3. The molecule has 0 aromatic carbocycles. The van der Waals surface area contributed by atoms with Crippen LogP contribution in [0.5, 0.6) is 0 Å². The van der Waals surface area contributed by atoms with E-state index in [-0.39, 0.29) is 11.5 Å². The Hall–Kier alpha value is -2.54. The Kier molecular flexibility index (Phi) is 6.04. The third-order valence-electron chi connectivity index (χ3n) is 6.27. The second-order valence-electron chi connectivity index (χ2n) is 8.36. The van der Waals surface area contributed by atoms with Crippen molar-refractivity contribution < 1.29 is 4.79 Å². The second kappa shape index (κ2) is 8.86. The number of hydrogen-bond donors (Lipinski definition) is 0. The first-order valence-electron chi connectivity index (χ1n) is 10.5. The van der Waals surface area contributed by atoms with Crippen LogP contribution in [-0.4, -0.2) is 63.0 Å². The molecule has 7 heteroatoms. The van der Waals surface area contributed by atoms with Crippen molar-refractivity contribution >= 4 is 5.91 Å². The van der Waals surface area contributed by atoms with Crippen LogP contribution in [-0.2, 0) is 11.3 Å². The van der Waals surface area contributed by atoms with Crippen molar-refractivity contribution in [2.45, 2.75) is 32.7 Å². The van der Waals surface area contributed by atoms with Crippen LogP contribution in [0.15, 0.2) is 41.7 Å². The van der Waals surface area contributed by atoms with Crippen LogP contribution in [0.3, 0.4) is 0 Å². The minimum absolute atomic E-state index is 0.00419. The van der Waals surface area contributed by atoms with Crippen molar-refractivity contribution in [1.82, 2.24) is 24.3 Å². The number of carbonyl (C=O) groups excluding carboxylic acids is 1. The van der Waals surface area contributed by atoms with Crippen LogP contribution >= 0.6 is 0 Å².